The third-order valence-electron chi connectivity index (χ3n) is 1.68. The van der Waals surface area contributed by atoms with Crippen molar-refractivity contribution in [2.75, 3.05) is 0 Å². The van der Waals surface area contributed by atoms with Crippen LogP contribution in [0.25, 0.3) is 0 Å². The molecule has 0 atom stereocenters. The molecule has 7 heteroatoms. The number of hydrogen-bond donors (Lipinski definition) is 1. The Labute approximate surface area is 103 Å². The minimum atomic E-state index is -0.413. The average molecular weight is 305 g/mol. The number of halogens is 2. The molecule has 2 aromatic rings. The van der Waals surface area contributed by atoms with Crippen LogP contribution in [0.2, 0.25) is 0 Å². The molecule has 1 aromatic carbocycles. The highest BCUT2D eigenvalue weighted by atomic mass is 79.9. The first-order chi connectivity index (χ1) is 7.69. The topological polar surface area (TPSA) is 55.2 Å². The van der Waals surface area contributed by atoms with Crippen LogP contribution in [0.5, 0.6) is 10.9 Å². The molecule has 0 aliphatic heterocycles. The van der Waals surface area contributed by atoms with Gasteiger partial charge in [-0.2, -0.15) is 0 Å². The first kappa shape index (κ1) is 11.4. The summed E-state index contributed by atoms with van der Waals surface area (Å²) >= 11 is 4.15. The van der Waals surface area contributed by atoms with Crippen molar-refractivity contribution < 1.29 is 14.2 Å². The molecule has 0 aliphatic carbocycles. The summed E-state index contributed by atoms with van der Waals surface area (Å²) in [5, 5.41) is 16.9. The molecule has 0 bridgehead atoms. The van der Waals surface area contributed by atoms with Crippen LogP contribution in [-0.2, 0) is 6.61 Å². The Morgan fingerprint density at radius 3 is 2.88 bits per heavy atom. The van der Waals surface area contributed by atoms with Crippen LogP contribution in [0.3, 0.4) is 0 Å². The van der Waals surface area contributed by atoms with Gasteiger partial charge >= 0.3 is 0 Å². The van der Waals surface area contributed by atoms with E-state index in [1.165, 1.54) is 6.07 Å². The highest BCUT2D eigenvalue weighted by Gasteiger charge is 2.07. The Morgan fingerprint density at radius 1 is 1.44 bits per heavy atom. The lowest BCUT2D eigenvalue weighted by Crippen LogP contribution is -1.85. The SMILES string of the molecule is OCc1nnc(Oc2ccc(Br)c(F)c2)s1. The number of hydrogen-bond acceptors (Lipinski definition) is 5. The van der Waals surface area contributed by atoms with E-state index < -0.39 is 5.82 Å². The lowest BCUT2D eigenvalue weighted by atomic mass is 10.3. The first-order valence-electron chi connectivity index (χ1n) is 4.25. The van der Waals surface area contributed by atoms with E-state index in [2.05, 4.69) is 26.1 Å². The number of rotatable bonds is 3. The van der Waals surface area contributed by atoms with Gasteiger partial charge in [-0.05, 0) is 28.1 Å². The third-order valence-corrected chi connectivity index (χ3v) is 3.11. The van der Waals surface area contributed by atoms with Crippen LogP contribution < -0.4 is 4.74 Å². The van der Waals surface area contributed by atoms with Crippen LogP contribution >= 0.6 is 27.3 Å². The van der Waals surface area contributed by atoms with Crippen LogP contribution in [-0.4, -0.2) is 15.3 Å². The fourth-order valence-electron chi connectivity index (χ4n) is 0.985. The molecule has 4 nitrogen and oxygen atoms in total. The van der Waals surface area contributed by atoms with Gasteiger partial charge in [0, 0.05) is 6.07 Å². The van der Waals surface area contributed by atoms with Crippen molar-refractivity contribution in [2.24, 2.45) is 0 Å². The monoisotopic (exact) mass is 304 g/mol. The smallest absolute Gasteiger partial charge is 0.299 e. The molecule has 2 rings (SSSR count). The maximum absolute atomic E-state index is 13.2. The predicted octanol–water partition coefficient (Wildman–Crippen LogP) is 2.72. The van der Waals surface area contributed by atoms with Gasteiger partial charge in [-0.15, -0.1) is 5.10 Å². The minimum absolute atomic E-state index is 0.185. The second kappa shape index (κ2) is 4.86. The fourth-order valence-corrected chi connectivity index (χ4v) is 1.80. The minimum Gasteiger partial charge on any atom is -0.430 e. The van der Waals surface area contributed by atoms with E-state index in [-0.39, 0.29) is 11.8 Å². The molecule has 1 N–H and O–H groups in total. The quantitative estimate of drug-likeness (QED) is 0.947. The van der Waals surface area contributed by atoms with Gasteiger partial charge in [0.2, 0.25) is 0 Å². The van der Waals surface area contributed by atoms with Crippen molar-refractivity contribution in [2.45, 2.75) is 6.61 Å². The summed E-state index contributed by atoms with van der Waals surface area (Å²) in [4.78, 5) is 0. The van der Waals surface area contributed by atoms with E-state index in [4.69, 9.17) is 9.84 Å². The second-order valence-corrected chi connectivity index (χ2v) is 4.68. The molecule has 0 saturated heterocycles. The average Bonchev–Trinajstić information content (AvgIpc) is 2.71. The van der Waals surface area contributed by atoms with E-state index in [1.807, 2.05) is 0 Å². The molecular weight excluding hydrogens is 299 g/mol. The predicted molar refractivity (Wildman–Crippen MR) is 60.0 cm³/mol. The van der Waals surface area contributed by atoms with E-state index >= 15 is 0 Å². The summed E-state index contributed by atoms with van der Waals surface area (Å²) in [6, 6.07) is 4.38. The van der Waals surface area contributed by atoms with E-state index in [1.54, 1.807) is 12.1 Å². The van der Waals surface area contributed by atoms with Gasteiger partial charge in [-0.25, -0.2) is 4.39 Å². The van der Waals surface area contributed by atoms with Gasteiger partial charge in [0.25, 0.3) is 5.19 Å². The van der Waals surface area contributed by atoms with Crippen LogP contribution in [0.1, 0.15) is 5.01 Å². The summed E-state index contributed by atoms with van der Waals surface area (Å²) in [6.07, 6.45) is 0. The van der Waals surface area contributed by atoms with E-state index in [0.717, 1.165) is 11.3 Å². The molecule has 0 amide bonds. The Hall–Kier alpha value is -1.05. The van der Waals surface area contributed by atoms with Crippen LogP contribution in [0, 0.1) is 5.82 Å². The standard InChI is InChI=1S/C9H6BrFN2O2S/c10-6-2-1-5(3-7(6)11)15-9-13-12-8(4-14)16-9/h1-3,14H,4H2. The lowest BCUT2D eigenvalue weighted by molar-refractivity contribution is 0.280. The maximum atomic E-state index is 13.2. The number of benzene rings is 1. The molecule has 0 spiro atoms. The van der Waals surface area contributed by atoms with Gasteiger partial charge < -0.3 is 9.84 Å². The Balaban J connectivity index is 2.17. The number of nitrogens with zero attached hydrogens (tertiary/aromatic N) is 2. The number of ether oxygens (including phenoxy) is 1. The van der Waals surface area contributed by atoms with Crippen molar-refractivity contribution in [3.63, 3.8) is 0 Å². The summed E-state index contributed by atoms with van der Waals surface area (Å²) in [7, 11) is 0. The van der Waals surface area contributed by atoms with Gasteiger partial charge in [0.15, 0.2) is 0 Å². The number of aromatic nitrogens is 2. The second-order valence-electron chi connectivity index (χ2n) is 2.80. The molecule has 0 radical (unpaired) electrons. The maximum Gasteiger partial charge on any atom is 0.299 e. The Kier molecular flexibility index (Phi) is 3.47. The molecule has 0 aliphatic rings. The van der Waals surface area contributed by atoms with Crippen LogP contribution in [0.15, 0.2) is 22.7 Å². The van der Waals surface area contributed by atoms with Crippen molar-refractivity contribution in [3.05, 3.63) is 33.5 Å². The molecule has 0 fully saturated rings. The number of aliphatic hydroxyl groups excluding tert-OH is 1. The molecule has 84 valence electrons. The van der Waals surface area contributed by atoms with Crippen molar-refractivity contribution in [3.8, 4) is 10.9 Å². The van der Waals surface area contributed by atoms with Crippen molar-refractivity contribution in [1.82, 2.24) is 10.2 Å². The fraction of sp³-hybridized carbons (Fsp3) is 0.111. The van der Waals surface area contributed by atoms with Crippen LogP contribution in [0.4, 0.5) is 4.39 Å². The van der Waals surface area contributed by atoms with Crippen molar-refractivity contribution in [1.29, 1.82) is 0 Å². The summed E-state index contributed by atoms with van der Waals surface area (Å²) < 4.78 is 18.8. The van der Waals surface area contributed by atoms with Gasteiger partial charge in [0.05, 0.1) is 11.1 Å². The van der Waals surface area contributed by atoms with E-state index in [9.17, 15) is 4.39 Å². The zero-order valence-corrected chi connectivity index (χ0v) is 10.3. The molecule has 1 heterocycles. The Morgan fingerprint density at radius 2 is 2.25 bits per heavy atom. The van der Waals surface area contributed by atoms with Gasteiger partial charge in [-0.3, -0.25) is 0 Å². The molecule has 1 aromatic heterocycles. The van der Waals surface area contributed by atoms with Gasteiger partial charge in [0.1, 0.15) is 16.6 Å². The van der Waals surface area contributed by atoms with Crippen molar-refractivity contribution >= 4 is 27.3 Å². The largest absolute Gasteiger partial charge is 0.430 e. The highest BCUT2D eigenvalue weighted by molar-refractivity contribution is 9.10. The molecule has 0 unspecified atom stereocenters. The zero-order chi connectivity index (χ0) is 11.5. The summed E-state index contributed by atoms with van der Waals surface area (Å²) in [6.45, 7) is -0.185. The first-order valence-corrected chi connectivity index (χ1v) is 5.86. The summed E-state index contributed by atoms with van der Waals surface area (Å²) in [5.74, 6) is -0.0780. The Bertz CT molecular complexity index is 506. The third kappa shape index (κ3) is 2.55. The van der Waals surface area contributed by atoms with E-state index in [0.29, 0.717) is 15.2 Å². The molecular formula is C9H6BrFN2O2S. The lowest BCUT2D eigenvalue weighted by Gasteiger charge is -2.01. The molecule has 0 saturated carbocycles. The zero-order valence-electron chi connectivity index (χ0n) is 7.85. The normalized spacial score (nSPS) is 10.4. The number of aliphatic hydroxyl groups is 1. The molecule has 16 heavy (non-hydrogen) atoms. The highest BCUT2D eigenvalue weighted by Crippen LogP contribution is 2.27. The van der Waals surface area contributed by atoms with Gasteiger partial charge in [-0.1, -0.05) is 16.4 Å². The summed E-state index contributed by atoms with van der Waals surface area (Å²) in [5.41, 5.74) is 0.